The van der Waals surface area contributed by atoms with Crippen molar-refractivity contribution in [2.24, 2.45) is 0 Å². The topological polar surface area (TPSA) is 134 Å². The first-order valence-corrected chi connectivity index (χ1v) is 10.8. The van der Waals surface area contributed by atoms with Gasteiger partial charge in [0.05, 0.1) is 12.1 Å². The van der Waals surface area contributed by atoms with Gasteiger partial charge < -0.3 is 25.8 Å². The average Bonchev–Trinajstić information content (AvgIpc) is 3.46. The quantitative estimate of drug-likeness (QED) is 0.459. The zero-order valence-corrected chi connectivity index (χ0v) is 17.9. The van der Waals surface area contributed by atoms with Crippen LogP contribution in [0.3, 0.4) is 0 Å². The van der Waals surface area contributed by atoms with Crippen molar-refractivity contribution in [2.75, 3.05) is 19.7 Å². The third-order valence-corrected chi connectivity index (χ3v) is 5.95. The summed E-state index contributed by atoms with van der Waals surface area (Å²) in [4.78, 5) is 46.6. The second kappa shape index (κ2) is 9.32. The Morgan fingerprint density at radius 1 is 0.879 bits per heavy atom. The first kappa shape index (κ1) is 22.3. The number of rotatable bonds is 9. The Kier molecular flexibility index (Phi) is 6.30. The van der Waals surface area contributed by atoms with E-state index >= 15 is 0 Å². The van der Waals surface area contributed by atoms with Gasteiger partial charge in [0.1, 0.15) is 13.2 Å². The summed E-state index contributed by atoms with van der Waals surface area (Å²) in [6, 6.07) is 16.1. The number of benzene rings is 2. The highest BCUT2D eigenvalue weighted by atomic mass is 16.5. The number of ether oxygens (including phenoxy) is 1. The molecule has 4 rings (SSSR count). The van der Waals surface area contributed by atoms with Crippen LogP contribution < -0.4 is 16.0 Å². The molecule has 0 aliphatic heterocycles. The van der Waals surface area contributed by atoms with Crippen molar-refractivity contribution in [3.05, 3.63) is 59.7 Å². The van der Waals surface area contributed by atoms with Crippen LogP contribution >= 0.6 is 0 Å². The fourth-order valence-electron chi connectivity index (χ4n) is 4.13. The lowest BCUT2D eigenvalue weighted by Crippen LogP contribution is -2.44. The number of carbonyl (C=O) groups is 4. The zero-order valence-electron chi connectivity index (χ0n) is 17.9. The molecule has 0 spiro atoms. The van der Waals surface area contributed by atoms with Gasteiger partial charge in [-0.25, -0.2) is 4.79 Å². The molecule has 0 saturated heterocycles. The Hall–Kier alpha value is -3.88. The smallest absolute Gasteiger partial charge is 0.407 e. The van der Waals surface area contributed by atoms with Crippen LogP contribution in [0.15, 0.2) is 48.5 Å². The van der Waals surface area contributed by atoms with Gasteiger partial charge in [-0.3, -0.25) is 14.4 Å². The Balaban J connectivity index is 1.27. The average molecular weight is 451 g/mol. The molecule has 2 aliphatic rings. The highest BCUT2D eigenvalue weighted by molar-refractivity contribution is 5.87. The van der Waals surface area contributed by atoms with E-state index in [-0.39, 0.29) is 25.5 Å². The maximum Gasteiger partial charge on any atom is 0.407 e. The lowest BCUT2D eigenvalue weighted by molar-refractivity contribution is -0.137. The lowest BCUT2D eigenvalue weighted by atomic mass is 9.98. The molecule has 2 aromatic rings. The van der Waals surface area contributed by atoms with Crippen molar-refractivity contribution < 1.29 is 29.0 Å². The summed E-state index contributed by atoms with van der Waals surface area (Å²) < 4.78 is 5.55. The largest absolute Gasteiger partial charge is 0.480 e. The SMILES string of the molecule is O=C(O)CNC(=O)CNC(=O)CC1(NC(=O)OCC2c3ccccc3-c3ccccc32)CC1. The van der Waals surface area contributed by atoms with Gasteiger partial charge in [-0.2, -0.15) is 0 Å². The molecule has 33 heavy (non-hydrogen) atoms. The molecule has 0 unspecified atom stereocenters. The second-order valence-electron chi connectivity index (χ2n) is 8.35. The number of carboxylic acid groups (broad SMARTS) is 1. The second-order valence-corrected chi connectivity index (χ2v) is 8.35. The zero-order chi connectivity index (χ0) is 23.4. The van der Waals surface area contributed by atoms with Gasteiger partial charge in [-0.15, -0.1) is 0 Å². The molecule has 0 radical (unpaired) electrons. The molecular formula is C24H25N3O6. The predicted octanol–water partition coefficient (Wildman–Crippen LogP) is 1.76. The summed E-state index contributed by atoms with van der Waals surface area (Å²) in [6.07, 6.45) is 0.705. The van der Waals surface area contributed by atoms with Gasteiger partial charge in [0.15, 0.2) is 0 Å². The summed E-state index contributed by atoms with van der Waals surface area (Å²) in [5, 5.41) is 15.9. The number of nitrogens with one attached hydrogen (secondary N) is 3. The molecule has 0 atom stereocenters. The number of fused-ring (bicyclic) bond motifs is 3. The maximum atomic E-state index is 12.5. The summed E-state index contributed by atoms with van der Waals surface area (Å²) in [7, 11) is 0. The third-order valence-electron chi connectivity index (χ3n) is 5.95. The van der Waals surface area contributed by atoms with Crippen LogP contribution in [-0.2, 0) is 19.1 Å². The van der Waals surface area contributed by atoms with Gasteiger partial charge in [-0.1, -0.05) is 48.5 Å². The maximum absolute atomic E-state index is 12.5. The van der Waals surface area contributed by atoms with Crippen LogP contribution in [0, 0.1) is 0 Å². The third kappa shape index (κ3) is 5.31. The number of hydrogen-bond donors (Lipinski definition) is 4. The van der Waals surface area contributed by atoms with Crippen molar-refractivity contribution in [1.29, 1.82) is 0 Å². The fourth-order valence-corrected chi connectivity index (χ4v) is 4.13. The van der Waals surface area contributed by atoms with E-state index in [1.165, 1.54) is 0 Å². The number of amides is 3. The standard InChI is InChI=1S/C24H25N3O6/c28-20(25-12-21(29)26-13-22(30)31)11-24(9-10-24)27-23(32)33-14-19-17-7-3-1-5-15(17)16-6-2-4-8-18(16)19/h1-8,19H,9-14H2,(H,25,28)(H,26,29)(H,27,32)(H,30,31). The fraction of sp³-hybridized carbons (Fsp3) is 0.333. The summed E-state index contributed by atoms with van der Waals surface area (Å²) in [5.74, 6) is -2.22. The van der Waals surface area contributed by atoms with Crippen molar-refractivity contribution in [3.63, 3.8) is 0 Å². The van der Waals surface area contributed by atoms with E-state index < -0.39 is 36.0 Å². The molecule has 2 aromatic carbocycles. The van der Waals surface area contributed by atoms with Gasteiger partial charge in [0, 0.05) is 12.3 Å². The Labute approximate surface area is 190 Å². The molecule has 4 N–H and O–H groups in total. The molecule has 9 nitrogen and oxygen atoms in total. The van der Waals surface area contributed by atoms with Gasteiger partial charge in [0.2, 0.25) is 11.8 Å². The molecule has 2 aliphatic carbocycles. The molecule has 3 amide bonds. The van der Waals surface area contributed by atoms with E-state index in [1.54, 1.807) is 0 Å². The lowest BCUT2D eigenvalue weighted by Gasteiger charge is -2.19. The molecule has 1 saturated carbocycles. The monoisotopic (exact) mass is 451 g/mol. The van der Waals surface area contributed by atoms with E-state index in [0.29, 0.717) is 12.8 Å². The Morgan fingerprint density at radius 2 is 1.45 bits per heavy atom. The van der Waals surface area contributed by atoms with Crippen LogP contribution in [-0.4, -0.2) is 54.2 Å². The number of carboxylic acids is 1. The van der Waals surface area contributed by atoms with E-state index in [9.17, 15) is 19.2 Å². The van der Waals surface area contributed by atoms with Crippen molar-refractivity contribution in [1.82, 2.24) is 16.0 Å². The predicted molar refractivity (Wildman–Crippen MR) is 118 cm³/mol. The van der Waals surface area contributed by atoms with E-state index in [0.717, 1.165) is 22.3 Å². The molecule has 0 aromatic heterocycles. The molecule has 0 bridgehead atoms. The van der Waals surface area contributed by atoms with E-state index in [1.807, 2.05) is 36.4 Å². The van der Waals surface area contributed by atoms with Crippen LogP contribution in [0.25, 0.3) is 11.1 Å². The Morgan fingerprint density at radius 3 is 2.03 bits per heavy atom. The van der Waals surface area contributed by atoms with Crippen LogP contribution in [0.5, 0.6) is 0 Å². The summed E-state index contributed by atoms with van der Waals surface area (Å²) >= 11 is 0. The minimum atomic E-state index is -1.17. The van der Waals surface area contributed by atoms with Crippen molar-refractivity contribution in [2.45, 2.75) is 30.7 Å². The normalized spacial score (nSPS) is 15.0. The number of carbonyl (C=O) groups excluding carboxylic acids is 3. The summed E-state index contributed by atoms with van der Waals surface area (Å²) in [6.45, 7) is -0.652. The summed E-state index contributed by atoms with van der Waals surface area (Å²) in [5.41, 5.74) is 3.85. The number of alkyl carbamates (subject to hydrolysis) is 1. The molecule has 1 fully saturated rings. The molecule has 9 heteroatoms. The van der Waals surface area contributed by atoms with Crippen molar-refractivity contribution >= 4 is 23.9 Å². The van der Waals surface area contributed by atoms with Crippen LogP contribution in [0.1, 0.15) is 36.3 Å². The van der Waals surface area contributed by atoms with E-state index in [4.69, 9.17) is 9.84 Å². The van der Waals surface area contributed by atoms with Gasteiger partial charge in [-0.05, 0) is 35.1 Å². The Bertz CT molecular complexity index is 1050. The first-order valence-electron chi connectivity index (χ1n) is 10.8. The first-order chi connectivity index (χ1) is 15.9. The van der Waals surface area contributed by atoms with Crippen LogP contribution in [0.4, 0.5) is 4.79 Å². The molecule has 0 heterocycles. The number of aliphatic carboxylic acids is 1. The van der Waals surface area contributed by atoms with Crippen LogP contribution in [0.2, 0.25) is 0 Å². The molecule has 172 valence electrons. The van der Waals surface area contributed by atoms with E-state index in [2.05, 4.69) is 28.1 Å². The van der Waals surface area contributed by atoms with Gasteiger partial charge >= 0.3 is 12.1 Å². The van der Waals surface area contributed by atoms with Gasteiger partial charge in [0.25, 0.3) is 0 Å². The minimum absolute atomic E-state index is 0.0173. The molecular weight excluding hydrogens is 426 g/mol. The highest BCUT2D eigenvalue weighted by Crippen LogP contribution is 2.44. The van der Waals surface area contributed by atoms with Crippen molar-refractivity contribution in [3.8, 4) is 11.1 Å². The number of hydrogen-bond acceptors (Lipinski definition) is 5. The highest BCUT2D eigenvalue weighted by Gasteiger charge is 2.46. The minimum Gasteiger partial charge on any atom is -0.480 e.